The topological polar surface area (TPSA) is 78.9 Å². The molecule has 1 saturated heterocycles. The fourth-order valence-corrected chi connectivity index (χ4v) is 4.99. The molecule has 25 heavy (non-hydrogen) atoms. The minimum atomic E-state index is -3.39. The highest BCUT2D eigenvalue weighted by Gasteiger charge is 2.54. The minimum absolute atomic E-state index is 0.186. The van der Waals surface area contributed by atoms with Crippen molar-refractivity contribution in [2.24, 2.45) is 0 Å². The summed E-state index contributed by atoms with van der Waals surface area (Å²) in [7, 11) is -1.85. The SMILES string of the molecule is COCC1(S(=O)(=O)NCc2ccccc2CN2CCC(O)CC2)CC1. The fraction of sp³-hybridized carbons (Fsp3) is 0.667. The summed E-state index contributed by atoms with van der Waals surface area (Å²) in [6.45, 7) is 3.09. The van der Waals surface area contributed by atoms with Gasteiger partial charge in [0.1, 0.15) is 4.75 Å². The second-order valence-corrected chi connectivity index (χ2v) is 9.38. The molecule has 2 aliphatic rings. The van der Waals surface area contributed by atoms with Crippen LogP contribution in [0.25, 0.3) is 0 Å². The zero-order chi connectivity index (χ0) is 17.9. The van der Waals surface area contributed by atoms with E-state index in [2.05, 4.69) is 15.7 Å². The van der Waals surface area contributed by atoms with Gasteiger partial charge in [-0.05, 0) is 36.8 Å². The van der Waals surface area contributed by atoms with Gasteiger partial charge in [-0.15, -0.1) is 0 Å². The van der Waals surface area contributed by atoms with Gasteiger partial charge in [0.2, 0.25) is 10.0 Å². The number of sulfonamides is 1. The highest BCUT2D eigenvalue weighted by Crippen LogP contribution is 2.43. The Morgan fingerprint density at radius 3 is 2.48 bits per heavy atom. The number of rotatable bonds is 8. The van der Waals surface area contributed by atoms with Gasteiger partial charge in [0, 0.05) is 33.3 Å². The van der Waals surface area contributed by atoms with Crippen LogP contribution in [0, 0.1) is 0 Å². The van der Waals surface area contributed by atoms with E-state index in [1.165, 1.54) is 0 Å². The number of benzene rings is 1. The first-order valence-corrected chi connectivity index (χ1v) is 10.4. The highest BCUT2D eigenvalue weighted by molar-refractivity contribution is 7.91. The lowest BCUT2D eigenvalue weighted by atomic mass is 10.0. The molecule has 1 saturated carbocycles. The molecule has 2 fully saturated rings. The van der Waals surface area contributed by atoms with Crippen LogP contribution >= 0.6 is 0 Å². The summed E-state index contributed by atoms with van der Waals surface area (Å²) in [6.07, 6.45) is 2.73. The number of aliphatic hydroxyl groups is 1. The lowest BCUT2D eigenvalue weighted by Crippen LogP contribution is -2.39. The van der Waals surface area contributed by atoms with Gasteiger partial charge in [-0.1, -0.05) is 24.3 Å². The molecule has 0 unspecified atom stereocenters. The van der Waals surface area contributed by atoms with E-state index >= 15 is 0 Å². The number of aliphatic hydroxyl groups excluding tert-OH is 1. The van der Waals surface area contributed by atoms with Crippen molar-refractivity contribution in [3.63, 3.8) is 0 Å². The third-order valence-electron chi connectivity index (χ3n) is 5.31. The molecule has 2 N–H and O–H groups in total. The van der Waals surface area contributed by atoms with Crippen molar-refractivity contribution in [2.45, 2.75) is 49.6 Å². The molecular formula is C18H28N2O4S. The second kappa shape index (κ2) is 7.72. The normalized spacial score (nSPS) is 21.4. The molecule has 1 aliphatic carbocycles. The Bertz CT molecular complexity index is 680. The molecule has 0 amide bonds. The van der Waals surface area contributed by atoms with Gasteiger partial charge in [-0.25, -0.2) is 13.1 Å². The van der Waals surface area contributed by atoms with E-state index in [0.29, 0.717) is 19.4 Å². The summed E-state index contributed by atoms with van der Waals surface area (Å²) in [4.78, 5) is 2.31. The monoisotopic (exact) mass is 368 g/mol. The maximum atomic E-state index is 12.6. The molecule has 0 bridgehead atoms. The van der Waals surface area contributed by atoms with Gasteiger partial charge < -0.3 is 9.84 Å². The molecule has 0 spiro atoms. The van der Waals surface area contributed by atoms with Gasteiger partial charge >= 0.3 is 0 Å². The van der Waals surface area contributed by atoms with Crippen molar-refractivity contribution in [1.82, 2.24) is 9.62 Å². The number of ether oxygens (including phenoxy) is 1. The van der Waals surface area contributed by atoms with Crippen molar-refractivity contribution in [2.75, 3.05) is 26.8 Å². The molecule has 0 aromatic heterocycles. The number of nitrogens with one attached hydrogen (secondary N) is 1. The van der Waals surface area contributed by atoms with Crippen LogP contribution in [0.3, 0.4) is 0 Å². The quantitative estimate of drug-likeness (QED) is 0.722. The van der Waals surface area contributed by atoms with E-state index in [-0.39, 0.29) is 12.7 Å². The van der Waals surface area contributed by atoms with Crippen molar-refractivity contribution < 1.29 is 18.3 Å². The van der Waals surface area contributed by atoms with Crippen LogP contribution in [-0.2, 0) is 27.8 Å². The smallest absolute Gasteiger partial charge is 0.219 e. The van der Waals surface area contributed by atoms with Gasteiger partial charge in [0.15, 0.2) is 0 Å². The van der Waals surface area contributed by atoms with Crippen LogP contribution in [0.5, 0.6) is 0 Å². The van der Waals surface area contributed by atoms with Crippen LogP contribution in [0.2, 0.25) is 0 Å². The summed E-state index contributed by atoms with van der Waals surface area (Å²) >= 11 is 0. The van der Waals surface area contributed by atoms with E-state index < -0.39 is 14.8 Å². The van der Waals surface area contributed by atoms with Gasteiger partial charge in [0.05, 0.1) is 12.7 Å². The first-order valence-electron chi connectivity index (χ1n) is 8.91. The van der Waals surface area contributed by atoms with Crippen molar-refractivity contribution in [1.29, 1.82) is 0 Å². The van der Waals surface area contributed by atoms with Gasteiger partial charge in [-0.2, -0.15) is 0 Å². The first kappa shape index (κ1) is 18.8. The summed E-state index contributed by atoms with van der Waals surface area (Å²) < 4.78 is 32.3. The number of nitrogens with zero attached hydrogens (tertiary/aromatic N) is 1. The Morgan fingerprint density at radius 2 is 1.88 bits per heavy atom. The average molecular weight is 368 g/mol. The number of hydrogen-bond acceptors (Lipinski definition) is 5. The third-order valence-corrected chi connectivity index (χ3v) is 7.50. The lowest BCUT2D eigenvalue weighted by molar-refractivity contribution is 0.0791. The summed E-state index contributed by atoms with van der Waals surface area (Å²) in [6, 6.07) is 7.96. The Balaban J connectivity index is 1.63. The average Bonchev–Trinajstić information content (AvgIpc) is 3.38. The van der Waals surface area contributed by atoms with Crippen LogP contribution in [0.1, 0.15) is 36.8 Å². The minimum Gasteiger partial charge on any atom is -0.393 e. The second-order valence-electron chi connectivity index (χ2n) is 7.22. The predicted octanol–water partition coefficient (Wildman–Crippen LogP) is 1.24. The maximum absolute atomic E-state index is 12.6. The molecule has 3 rings (SSSR count). The third kappa shape index (κ3) is 4.41. The molecule has 1 aromatic carbocycles. The Morgan fingerprint density at radius 1 is 1.24 bits per heavy atom. The molecule has 6 nitrogen and oxygen atoms in total. The van der Waals surface area contributed by atoms with E-state index in [0.717, 1.165) is 43.6 Å². The van der Waals surface area contributed by atoms with E-state index in [1.807, 2.05) is 18.2 Å². The van der Waals surface area contributed by atoms with Crippen LogP contribution in [-0.4, -0.2) is 56.1 Å². The molecule has 140 valence electrons. The molecule has 1 aliphatic heterocycles. The summed E-state index contributed by atoms with van der Waals surface area (Å²) in [5.74, 6) is 0. The Hall–Kier alpha value is -0.990. The van der Waals surface area contributed by atoms with Gasteiger partial charge in [0.25, 0.3) is 0 Å². The van der Waals surface area contributed by atoms with Crippen molar-refractivity contribution in [3.05, 3.63) is 35.4 Å². The predicted molar refractivity (Wildman–Crippen MR) is 96.6 cm³/mol. The summed E-state index contributed by atoms with van der Waals surface area (Å²) in [5, 5.41) is 9.63. The lowest BCUT2D eigenvalue weighted by Gasteiger charge is -2.30. The maximum Gasteiger partial charge on any atom is 0.219 e. The zero-order valence-corrected chi connectivity index (χ0v) is 15.6. The van der Waals surface area contributed by atoms with Crippen LogP contribution < -0.4 is 4.72 Å². The largest absolute Gasteiger partial charge is 0.393 e. The van der Waals surface area contributed by atoms with Crippen molar-refractivity contribution >= 4 is 10.0 Å². The number of methoxy groups -OCH3 is 1. The van der Waals surface area contributed by atoms with E-state index in [4.69, 9.17) is 4.74 Å². The number of likely N-dealkylation sites (tertiary alicyclic amines) is 1. The Labute approximate surface area is 150 Å². The molecule has 7 heteroatoms. The zero-order valence-electron chi connectivity index (χ0n) is 14.8. The molecule has 0 radical (unpaired) electrons. The van der Waals surface area contributed by atoms with Crippen LogP contribution in [0.15, 0.2) is 24.3 Å². The number of piperidine rings is 1. The summed E-state index contributed by atoms with van der Waals surface area (Å²) in [5.41, 5.74) is 2.14. The Kier molecular flexibility index (Phi) is 5.80. The van der Waals surface area contributed by atoms with Gasteiger partial charge in [-0.3, -0.25) is 4.90 Å². The highest BCUT2D eigenvalue weighted by atomic mass is 32.2. The fourth-order valence-electron chi connectivity index (χ4n) is 3.42. The standard InChI is InChI=1S/C18H28N2O4S/c1-24-14-18(8-9-18)25(22,23)19-12-15-4-2-3-5-16(15)13-20-10-6-17(21)7-11-20/h2-5,17,19,21H,6-14H2,1H3. The first-order chi connectivity index (χ1) is 12.0. The number of hydrogen-bond donors (Lipinski definition) is 2. The van der Waals surface area contributed by atoms with Crippen LogP contribution in [0.4, 0.5) is 0 Å². The van der Waals surface area contributed by atoms with E-state index in [9.17, 15) is 13.5 Å². The molecule has 1 heterocycles. The van der Waals surface area contributed by atoms with Crippen molar-refractivity contribution in [3.8, 4) is 0 Å². The molecule has 0 atom stereocenters. The molecule has 1 aromatic rings. The molecular weight excluding hydrogens is 340 g/mol. The van der Waals surface area contributed by atoms with E-state index in [1.54, 1.807) is 7.11 Å².